The Hall–Kier alpha value is -1.49. The number of piperidine rings is 1. The summed E-state index contributed by atoms with van der Waals surface area (Å²) in [5.41, 5.74) is 5.97. The topological polar surface area (TPSA) is 46.3 Å². The van der Waals surface area contributed by atoms with Gasteiger partial charge in [0.15, 0.2) is 0 Å². The molecule has 0 unspecified atom stereocenters. The van der Waals surface area contributed by atoms with Crippen molar-refractivity contribution in [3.05, 3.63) is 35.4 Å². The standard InChI is InChI=1S/C15H20F2N2O/c1-10-3-2-6-19(14(10)9-18)15(20)7-11-4-5-12(16)8-13(11)17/h4-5,8,10,14H,2-3,6-7,9,18H2,1H3/t10-,14+/m0/s1. The van der Waals surface area contributed by atoms with Crippen molar-refractivity contribution >= 4 is 5.91 Å². The average Bonchev–Trinajstić information content (AvgIpc) is 2.41. The smallest absolute Gasteiger partial charge is 0.227 e. The van der Waals surface area contributed by atoms with Gasteiger partial charge in [-0.3, -0.25) is 4.79 Å². The second-order valence-electron chi connectivity index (χ2n) is 5.42. The van der Waals surface area contributed by atoms with Gasteiger partial charge in [0.25, 0.3) is 0 Å². The molecule has 1 heterocycles. The highest BCUT2D eigenvalue weighted by atomic mass is 19.1. The van der Waals surface area contributed by atoms with E-state index in [0.29, 0.717) is 19.0 Å². The zero-order valence-corrected chi connectivity index (χ0v) is 11.6. The molecule has 0 bridgehead atoms. The van der Waals surface area contributed by atoms with E-state index in [1.807, 2.05) is 0 Å². The second kappa shape index (κ2) is 6.31. The maximum atomic E-state index is 13.6. The molecule has 1 aliphatic heterocycles. The Bertz CT molecular complexity index is 493. The van der Waals surface area contributed by atoms with Gasteiger partial charge in [0.1, 0.15) is 11.6 Å². The Morgan fingerprint density at radius 2 is 2.20 bits per heavy atom. The molecule has 1 saturated heterocycles. The lowest BCUT2D eigenvalue weighted by molar-refractivity contribution is -0.135. The molecular weight excluding hydrogens is 262 g/mol. The molecule has 2 atom stereocenters. The zero-order valence-electron chi connectivity index (χ0n) is 11.6. The summed E-state index contributed by atoms with van der Waals surface area (Å²) in [5, 5.41) is 0. The molecule has 1 aliphatic rings. The van der Waals surface area contributed by atoms with Crippen LogP contribution in [0.2, 0.25) is 0 Å². The van der Waals surface area contributed by atoms with E-state index in [0.717, 1.165) is 18.9 Å². The molecule has 20 heavy (non-hydrogen) atoms. The minimum atomic E-state index is -0.673. The number of likely N-dealkylation sites (tertiary alicyclic amines) is 1. The summed E-state index contributed by atoms with van der Waals surface area (Å²) >= 11 is 0. The summed E-state index contributed by atoms with van der Waals surface area (Å²) in [6.07, 6.45) is 1.95. The number of halogens is 2. The first-order chi connectivity index (χ1) is 9.52. The van der Waals surface area contributed by atoms with E-state index in [9.17, 15) is 13.6 Å². The molecule has 0 saturated carbocycles. The maximum absolute atomic E-state index is 13.6. The molecule has 0 spiro atoms. The predicted octanol–water partition coefficient (Wildman–Crippen LogP) is 2.09. The van der Waals surface area contributed by atoms with Gasteiger partial charge in [-0.25, -0.2) is 8.78 Å². The zero-order chi connectivity index (χ0) is 14.7. The van der Waals surface area contributed by atoms with E-state index in [4.69, 9.17) is 5.73 Å². The molecule has 2 rings (SSSR count). The minimum absolute atomic E-state index is 0.0137. The predicted molar refractivity (Wildman–Crippen MR) is 73.0 cm³/mol. The summed E-state index contributed by atoms with van der Waals surface area (Å²) in [7, 11) is 0. The summed E-state index contributed by atoms with van der Waals surface area (Å²) in [6.45, 7) is 3.15. The van der Waals surface area contributed by atoms with Crippen molar-refractivity contribution in [1.82, 2.24) is 4.90 Å². The fourth-order valence-electron chi connectivity index (χ4n) is 2.85. The van der Waals surface area contributed by atoms with Gasteiger partial charge in [-0.1, -0.05) is 13.0 Å². The normalized spacial score (nSPS) is 22.9. The highest BCUT2D eigenvalue weighted by molar-refractivity contribution is 5.79. The van der Waals surface area contributed by atoms with Crippen LogP contribution in [-0.2, 0) is 11.2 Å². The number of nitrogens with two attached hydrogens (primary N) is 1. The van der Waals surface area contributed by atoms with Crippen molar-refractivity contribution in [3.63, 3.8) is 0 Å². The number of hydrogen-bond donors (Lipinski definition) is 1. The van der Waals surface area contributed by atoms with Crippen molar-refractivity contribution in [2.75, 3.05) is 13.1 Å². The largest absolute Gasteiger partial charge is 0.338 e. The van der Waals surface area contributed by atoms with Crippen LogP contribution < -0.4 is 5.73 Å². The molecule has 0 aromatic heterocycles. The molecule has 2 N–H and O–H groups in total. The third-order valence-corrected chi connectivity index (χ3v) is 4.03. The number of carbonyl (C=O) groups is 1. The van der Waals surface area contributed by atoms with Crippen LogP contribution in [0.3, 0.4) is 0 Å². The maximum Gasteiger partial charge on any atom is 0.227 e. The summed E-state index contributed by atoms with van der Waals surface area (Å²) in [5.74, 6) is -1.09. The van der Waals surface area contributed by atoms with E-state index >= 15 is 0 Å². The Morgan fingerprint density at radius 3 is 2.85 bits per heavy atom. The van der Waals surface area contributed by atoms with E-state index in [2.05, 4.69) is 6.92 Å². The molecule has 110 valence electrons. The molecule has 1 aromatic carbocycles. The second-order valence-corrected chi connectivity index (χ2v) is 5.42. The number of nitrogens with zero attached hydrogens (tertiary/aromatic N) is 1. The number of carbonyl (C=O) groups excluding carboxylic acids is 1. The van der Waals surface area contributed by atoms with Gasteiger partial charge in [-0.15, -0.1) is 0 Å². The van der Waals surface area contributed by atoms with E-state index in [1.165, 1.54) is 12.1 Å². The van der Waals surface area contributed by atoms with E-state index < -0.39 is 11.6 Å². The Balaban J connectivity index is 2.10. The lowest BCUT2D eigenvalue weighted by atomic mass is 9.90. The van der Waals surface area contributed by atoms with Crippen molar-refractivity contribution < 1.29 is 13.6 Å². The fourth-order valence-corrected chi connectivity index (χ4v) is 2.85. The molecule has 0 aliphatic carbocycles. The molecule has 1 fully saturated rings. The van der Waals surface area contributed by atoms with Crippen molar-refractivity contribution in [2.24, 2.45) is 11.7 Å². The monoisotopic (exact) mass is 282 g/mol. The summed E-state index contributed by atoms with van der Waals surface area (Å²) < 4.78 is 26.5. The Kier molecular flexibility index (Phi) is 4.70. The van der Waals surface area contributed by atoms with Gasteiger partial charge < -0.3 is 10.6 Å². The first kappa shape index (κ1) is 14.9. The van der Waals surface area contributed by atoms with E-state index in [1.54, 1.807) is 4.90 Å². The molecule has 1 aromatic rings. The van der Waals surface area contributed by atoms with Gasteiger partial charge in [0, 0.05) is 25.2 Å². The summed E-state index contributed by atoms with van der Waals surface area (Å²) in [6, 6.07) is 3.32. The third-order valence-electron chi connectivity index (χ3n) is 4.03. The van der Waals surface area contributed by atoms with Crippen molar-refractivity contribution in [1.29, 1.82) is 0 Å². The lowest BCUT2D eigenvalue weighted by Crippen LogP contribution is -2.51. The highest BCUT2D eigenvalue weighted by Gasteiger charge is 2.30. The van der Waals surface area contributed by atoms with Crippen molar-refractivity contribution in [3.8, 4) is 0 Å². The van der Waals surface area contributed by atoms with Crippen LogP contribution in [0, 0.1) is 17.6 Å². The number of benzene rings is 1. The van der Waals surface area contributed by atoms with Gasteiger partial charge in [0.2, 0.25) is 5.91 Å². The first-order valence-electron chi connectivity index (χ1n) is 6.96. The van der Waals surface area contributed by atoms with Crippen LogP contribution in [0.1, 0.15) is 25.3 Å². The quantitative estimate of drug-likeness (QED) is 0.922. The van der Waals surface area contributed by atoms with E-state index in [-0.39, 0.29) is 23.9 Å². The van der Waals surface area contributed by atoms with Crippen LogP contribution in [0.25, 0.3) is 0 Å². The lowest BCUT2D eigenvalue weighted by Gasteiger charge is -2.39. The van der Waals surface area contributed by atoms with Crippen LogP contribution in [0.5, 0.6) is 0 Å². The SMILES string of the molecule is C[C@H]1CCCN(C(=O)Cc2ccc(F)cc2F)[C@@H]1CN. The molecule has 5 heteroatoms. The molecule has 1 amide bonds. The van der Waals surface area contributed by atoms with Crippen LogP contribution in [0.15, 0.2) is 18.2 Å². The van der Waals surface area contributed by atoms with Gasteiger partial charge in [-0.05, 0) is 30.4 Å². The Morgan fingerprint density at radius 1 is 1.45 bits per heavy atom. The van der Waals surface area contributed by atoms with Crippen LogP contribution in [-0.4, -0.2) is 29.9 Å². The van der Waals surface area contributed by atoms with Gasteiger partial charge in [-0.2, -0.15) is 0 Å². The summed E-state index contributed by atoms with van der Waals surface area (Å²) in [4.78, 5) is 14.1. The number of amides is 1. The molecular formula is C15H20F2N2O. The van der Waals surface area contributed by atoms with Crippen molar-refractivity contribution in [2.45, 2.75) is 32.2 Å². The average molecular weight is 282 g/mol. The number of hydrogen-bond acceptors (Lipinski definition) is 2. The Labute approximate surface area is 117 Å². The van der Waals surface area contributed by atoms with Crippen LogP contribution in [0.4, 0.5) is 8.78 Å². The fraction of sp³-hybridized carbons (Fsp3) is 0.533. The molecule has 0 radical (unpaired) electrons. The first-order valence-corrected chi connectivity index (χ1v) is 6.96. The highest BCUT2D eigenvalue weighted by Crippen LogP contribution is 2.23. The van der Waals surface area contributed by atoms with Gasteiger partial charge in [0.05, 0.1) is 6.42 Å². The van der Waals surface area contributed by atoms with Crippen LogP contribution >= 0.6 is 0 Å². The third kappa shape index (κ3) is 3.15. The van der Waals surface area contributed by atoms with Gasteiger partial charge >= 0.3 is 0 Å². The minimum Gasteiger partial charge on any atom is -0.338 e. The molecule has 3 nitrogen and oxygen atoms in total. The number of rotatable bonds is 3.